The lowest BCUT2D eigenvalue weighted by Gasteiger charge is -1.96. The Balaban J connectivity index is 2.73. The normalized spacial score (nSPS) is 17.6. The minimum absolute atomic E-state index is 0.350. The van der Waals surface area contributed by atoms with E-state index in [0.29, 0.717) is 5.84 Å². The van der Waals surface area contributed by atoms with Crippen molar-refractivity contribution >= 4 is 11.7 Å². The monoisotopic (exact) mass is 108 g/mol. The summed E-state index contributed by atoms with van der Waals surface area (Å²) >= 11 is 0. The molecule has 0 aliphatic carbocycles. The van der Waals surface area contributed by atoms with E-state index in [2.05, 4.69) is 16.4 Å². The second-order valence-electron chi connectivity index (χ2n) is 1.37. The highest BCUT2D eigenvalue weighted by Crippen LogP contribution is 1.85. The Hall–Kier alpha value is -1.12. The smallest absolute Gasteiger partial charge is 0.267 e. The maximum absolute atomic E-state index is 10.3. The van der Waals surface area contributed by atoms with E-state index in [0.717, 1.165) is 0 Å². The molecule has 0 aromatic carbocycles. The highest BCUT2D eigenvalue weighted by Gasteiger charge is 2.02. The molecule has 2 radical (unpaired) electrons. The van der Waals surface area contributed by atoms with Gasteiger partial charge < -0.3 is 0 Å². The van der Waals surface area contributed by atoms with E-state index in [1.807, 2.05) is 0 Å². The number of hydrogen-bond donors (Lipinski definition) is 0. The second-order valence-corrected chi connectivity index (χ2v) is 1.37. The van der Waals surface area contributed by atoms with Crippen LogP contribution in [0.5, 0.6) is 0 Å². The van der Waals surface area contributed by atoms with E-state index in [1.54, 1.807) is 6.92 Å². The molecule has 0 N–H and O–H groups in total. The van der Waals surface area contributed by atoms with Crippen LogP contribution in [0, 0.1) is 6.08 Å². The van der Waals surface area contributed by atoms with Gasteiger partial charge >= 0.3 is 0 Å². The maximum atomic E-state index is 10.3. The number of hydrogen-bond acceptors (Lipinski definition) is 2. The van der Waals surface area contributed by atoms with Gasteiger partial charge in [-0.15, -0.1) is 0 Å². The highest BCUT2D eigenvalue weighted by atomic mass is 16.1. The Morgan fingerprint density at radius 2 is 2.50 bits per heavy atom. The van der Waals surface area contributed by atoms with Crippen molar-refractivity contribution in [3.63, 3.8) is 0 Å². The molecule has 0 aromatic rings. The highest BCUT2D eigenvalue weighted by molar-refractivity contribution is 6.01. The molecule has 40 valence electrons. The van der Waals surface area contributed by atoms with Crippen molar-refractivity contribution in [3.8, 4) is 0 Å². The number of rotatable bonds is 0. The van der Waals surface area contributed by atoms with Crippen molar-refractivity contribution in [2.45, 2.75) is 6.92 Å². The summed E-state index contributed by atoms with van der Waals surface area (Å²) in [5, 5.41) is 3.45. The molecule has 1 aliphatic heterocycles. The predicted octanol–water partition coefficient (Wildman–Crippen LogP) is -0.134. The lowest BCUT2D eigenvalue weighted by molar-refractivity contribution is -0.116. The quantitative estimate of drug-likeness (QED) is 0.426. The van der Waals surface area contributed by atoms with Gasteiger partial charge in [0.2, 0.25) is 0 Å². The van der Waals surface area contributed by atoms with Crippen LogP contribution in [0.4, 0.5) is 0 Å². The van der Waals surface area contributed by atoms with Gasteiger partial charge in [0.1, 0.15) is 5.84 Å². The van der Waals surface area contributed by atoms with E-state index < -0.39 is 0 Å². The van der Waals surface area contributed by atoms with Crippen LogP contribution >= 0.6 is 0 Å². The molecule has 0 fully saturated rings. The fraction of sp³-hybridized carbons (Fsp3) is 0.200. The van der Waals surface area contributed by atoms with Crippen molar-refractivity contribution in [2.75, 3.05) is 0 Å². The number of amides is 1. The molecule has 3 heteroatoms. The van der Waals surface area contributed by atoms with Crippen molar-refractivity contribution in [1.82, 2.24) is 5.32 Å². The topological polar surface area (TPSA) is 43.5 Å². The van der Waals surface area contributed by atoms with Crippen LogP contribution in [0.2, 0.25) is 0 Å². The molecule has 0 saturated heterocycles. The summed E-state index contributed by atoms with van der Waals surface area (Å²) in [4.78, 5) is 14.0. The zero-order chi connectivity index (χ0) is 5.98. The van der Waals surface area contributed by atoms with Crippen LogP contribution in [0.25, 0.3) is 0 Å². The third-order valence-electron chi connectivity index (χ3n) is 0.703. The SMILES string of the molecule is CC1=NC=[C]C(=O)[N]1. The summed E-state index contributed by atoms with van der Waals surface area (Å²) in [7, 11) is 0. The maximum Gasteiger partial charge on any atom is 0.281 e. The van der Waals surface area contributed by atoms with Crippen molar-refractivity contribution in [3.05, 3.63) is 12.3 Å². The van der Waals surface area contributed by atoms with Crippen molar-refractivity contribution in [2.24, 2.45) is 4.99 Å². The molecule has 0 saturated carbocycles. The Kier molecular flexibility index (Phi) is 1.12. The third kappa shape index (κ3) is 0.932. The molecule has 1 heterocycles. The van der Waals surface area contributed by atoms with Gasteiger partial charge in [-0.05, 0) is 6.92 Å². The van der Waals surface area contributed by atoms with Crippen LogP contribution in [-0.4, -0.2) is 11.7 Å². The van der Waals surface area contributed by atoms with Crippen LogP contribution in [-0.2, 0) is 4.79 Å². The first-order valence-electron chi connectivity index (χ1n) is 2.17. The van der Waals surface area contributed by atoms with Crippen molar-refractivity contribution < 1.29 is 4.79 Å². The lowest BCUT2D eigenvalue weighted by Crippen LogP contribution is -2.20. The summed E-state index contributed by atoms with van der Waals surface area (Å²) in [6, 6.07) is 0. The van der Waals surface area contributed by atoms with Crippen LogP contribution in [0.1, 0.15) is 6.92 Å². The molecule has 0 bridgehead atoms. The molecule has 1 amide bonds. The van der Waals surface area contributed by atoms with Crippen LogP contribution in [0.15, 0.2) is 11.2 Å². The van der Waals surface area contributed by atoms with Gasteiger partial charge in [0.25, 0.3) is 5.91 Å². The summed E-state index contributed by atoms with van der Waals surface area (Å²) in [6.45, 7) is 1.66. The largest absolute Gasteiger partial charge is 0.281 e. The van der Waals surface area contributed by atoms with Gasteiger partial charge in [0.15, 0.2) is 0 Å². The molecule has 0 spiro atoms. The molecule has 8 heavy (non-hydrogen) atoms. The molecular weight excluding hydrogens is 104 g/mol. The number of aliphatic imine (C=N–C) groups is 1. The number of nitrogens with zero attached hydrogens (tertiary/aromatic N) is 2. The van der Waals surface area contributed by atoms with E-state index in [4.69, 9.17) is 0 Å². The molecule has 3 nitrogen and oxygen atoms in total. The van der Waals surface area contributed by atoms with E-state index >= 15 is 0 Å². The first-order valence-corrected chi connectivity index (χ1v) is 2.17. The zero-order valence-corrected chi connectivity index (χ0v) is 4.38. The van der Waals surface area contributed by atoms with Gasteiger partial charge in [0.05, 0.1) is 6.08 Å². The van der Waals surface area contributed by atoms with Gasteiger partial charge in [-0.2, -0.15) is 5.32 Å². The summed E-state index contributed by atoms with van der Waals surface area (Å²) in [5.41, 5.74) is 0. The van der Waals surface area contributed by atoms with Crippen LogP contribution < -0.4 is 5.32 Å². The Labute approximate surface area is 47.1 Å². The van der Waals surface area contributed by atoms with Gasteiger partial charge in [-0.25, -0.2) is 4.99 Å². The minimum atomic E-state index is -0.350. The van der Waals surface area contributed by atoms with E-state index in [1.165, 1.54) is 6.20 Å². The minimum Gasteiger partial charge on any atom is -0.267 e. The number of carbonyl (C=O) groups is 1. The first kappa shape index (κ1) is 5.03. The van der Waals surface area contributed by atoms with Gasteiger partial charge in [-0.1, -0.05) is 0 Å². The lowest BCUT2D eigenvalue weighted by atomic mass is 10.5. The zero-order valence-electron chi connectivity index (χ0n) is 4.38. The van der Waals surface area contributed by atoms with Gasteiger partial charge in [-0.3, -0.25) is 4.79 Å². The number of amidine groups is 1. The molecular formula is C5H4N2O. The Morgan fingerprint density at radius 3 is 2.88 bits per heavy atom. The fourth-order valence-corrected chi connectivity index (χ4v) is 0.389. The molecule has 1 aliphatic rings. The second kappa shape index (κ2) is 1.78. The molecule has 0 aromatic heterocycles. The van der Waals surface area contributed by atoms with E-state index in [9.17, 15) is 4.79 Å². The predicted molar refractivity (Wildman–Crippen MR) is 28.1 cm³/mol. The third-order valence-corrected chi connectivity index (χ3v) is 0.703. The Bertz CT molecular complexity index is 169. The molecule has 1 rings (SSSR count). The average Bonchev–Trinajstić information content (AvgIpc) is 1.64. The fourth-order valence-electron chi connectivity index (χ4n) is 0.389. The Morgan fingerprint density at radius 1 is 1.75 bits per heavy atom. The standard InChI is InChI=1S/C5H4N2O/c1-4-6-3-2-5(8)7-4/h3H,1H3. The first-order chi connectivity index (χ1) is 3.79. The summed E-state index contributed by atoms with van der Waals surface area (Å²) < 4.78 is 0. The van der Waals surface area contributed by atoms with Crippen molar-refractivity contribution in [1.29, 1.82) is 0 Å². The van der Waals surface area contributed by atoms with E-state index in [-0.39, 0.29) is 5.91 Å². The summed E-state index contributed by atoms with van der Waals surface area (Å²) in [6.07, 6.45) is 3.62. The molecule has 0 atom stereocenters. The molecule has 0 unspecified atom stereocenters. The average molecular weight is 108 g/mol. The number of carbonyl (C=O) groups excluding carboxylic acids is 1. The van der Waals surface area contributed by atoms with Crippen LogP contribution in [0.3, 0.4) is 0 Å². The van der Waals surface area contributed by atoms with Gasteiger partial charge in [0, 0.05) is 6.20 Å². The summed E-state index contributed by atoms with van der Waals surface area (Å²) in [5.74, 6) is 0.145.